The molecule has 1 aromatic carbocycles. The molecule has 0 aliphatic rings. The summed E-state index contributed by atoms with van der Waals surface area (Å²) >= 11 is 11.9. The van der Waals surface area contributed by atoms with Gasteiger partial charge in [0.2, 0.25) is 0 Å². The van der Waals surface area contributed by atoms with E-state index in [-0.39, 0.29) is 0 Å². The maximum absolute atomic E-state index is 6.05. The van der Waals surface area contributed by atoms with Gasteiger partial charge in [-0.15, -0.1) is 0 Å². The molecular weight excluding hydrogens is 229 g/mol. The van der Waals surface area contributed by atoms with E-state index in [1.54, 1.807) is 6.07 Å². The van der Waals surface area contributed by atoms with Gasteiger partial charge >= 0.3 is 0 Å². The van der Waals surface area contributed by atoms with Gasteiger partial charge < -0.3 is 5.32 Å². The summed E-state index contributed by atoms with van der Waals surface area (Å²) in [5.41, 5.74) is 0.966. The Morgan fingerprint density at radius 3 is 2.40 bits per heavy atom. The molecular formula is C12H17Cl2N. The van der Waals surface area contributed by atoms with Crippen LogP contribution in [0.2, 0.25) is 10.0 Å². The highest BCUT2D eigenvalue weighted by Gasteiger charge is 2.05. The van der Waals surface area contributed by atoms with Gasteiger partial charge in [-0.3, -0.25) is 0 Å². The Balaban J connectivity index is 2.57. The van der Waals surface area contributed by atoms with Crippen molar-refractivity contribution in [3.63, 3.8) is 0 Å². The van der Waals surface area contributed by atoms with Crippen molar-refractivity contribution >= 4 is 28.9 Å². The van der Waals surface area contributed by atoms with Crippen LogP contribution >= 0.6 is 23.2 Å². The van der Waals surface area contributed by atoms with E-state index in [2.05, 4.69) is 19.2 Å². The molecule has 84 valence electrons. The first-order valence-corrected chi connectivity index (χ1v) is 6.11. The molecule has 1 aromatic rings. The van der Waals surface area contributed by atoms with E-state index in [4.69, 9.17) is 23.2 Å². The van der Waals surface area contributed by atoms with Gasteiger partial charge in [-0.05, 0) is 24.1 Å². The minimum Gasteiger partial charge on any atom is -0.384 e. The van der Waals surface area contributed by atoms with Gasteiger partial charge in [0.25, 0.3) is 0 Å². The molecule has 0 spiro atoms. The zero-order valence-electron chi connectivity index (χ0n) is 9.19. The molecule has 0 saturated carbocycles. The molecule has 1 N–H and O–H groups in total. The number of benzene rings is 1. The zero-order chi connectivity index (χ0) is 11.3. The molecule has 0 radical (unpaired) electrons. The molecule has 0 unspecified atom stereocenters. The molecule has 0 aromatic heterocycles. The van der Waals surface area contributed by atoms with E-state index in [9.17, 15) is 0 Å². The summed E-state index contributed by atoms with van der Waals surface area (Å²) in [6.45, 7) is 5.38. The minimum absolute atomic E-state index is 0.674. The molecule has 0 aliphatic carbocycles. The van der Waals surface area contributed by atoms with Crippen molar-refractivity contribution in [1.82, 2.24) is 0 Å². The van der Waals surface area contributed by atoms with Gasteiger partial charge in [-0.25, -0.2) is 0 Å². The van der Waals surface area contributed by atoms with Crippen LogP contribution in [0.25, 0.3) is 0 Å². The van der Waals surface area contributed by atoms with Gasteiger partial charge in [0.1, 0.15) is 0 Å². The lowest BCUT2D eigenvalue weighted by molar-refractivity contribution is 0.519. The van der Waals surface area contributed by atoms with Crippen LogP contribution in [-0.4, -0.2) is 6.54 Å². The molecule has 0 amide bonds. The van der Waals surface area contributed by atoms with Gasteiger partial charge in [-0.2, -0.15) is 0 Å². The summed E-state index contributed by atoms with van der Waals surface area (Å²) in [7, 11) is 0. The van der Waals surface area contributed by atoms with Crippen molar-refractivity contribution in [3.8, 4) is 0 Å². The van der Waals surface area contributed by atoms with Gasteiger partial charge in [0, 0.05) is 11.6 Å². The van der Waals surface area contributed by atoms with Crippen LogP contribution in [0.15, 0.2) is 18.2 Å². The number of anilines is 1. The second-order valence-corrected chi connectivity index (χ2v) is 4.53. The Labute approximate surface area is 102 Å². The molecule has 0 aliphatic heterocycles. The van der Waals surface area contributed by atoms with E-state index in [1.165, 1.54) is 12.8 Å². The number of rotatable bonds is 5. The van der Waals surface area contributed by atoms with Crippen molar-refractivity contribution in [2.45, 2.75) is 26.7 Å². The van der Waals surface area contributed by atoms with Gasteiger partial charge in [0.15, 0.2) is 0 Å². The van der Waals surface area contributed by atoms with Crippen molar-refractivity contribution in [3.05, 3.63) is 28.2 Å². The van der Waals surface area contributed by atoms with Crippen molar-refractivity contribution < 1.29 is 0 Å². The number of hydrogen-bond acceptors (Lipinski definition) is 1. The van der Waals surface area contributed by atoms with Crippen LogP contribution in [0.5, 0.6) is 0 Å². The third kappa shape index (κ3) is 3.92. The zero-order valence-corrected chi connectivity index (χ0v) is 10.7. The Morgan fingerprint density at radius 1 is 1.20 bits per heavy atom. The first-order chi connectivity index (χ1) is 7.17. The standard InChI is InChI=1S/C12H17Cl2N/c1-3-9(4-2)8-15-12-6-5-10(13)7-11(12)14/h5-7,9,15H,3-4,8H2,1-2H3. The average Bonchev–Trinajstić information content (AvgIpc) is 2.22. The monoisotopic (exact) mass is 245 g/mol. The lowest BCUT2D eigenvalue weighted by atomic mass is 10.0. The summed E-state index contributed by atoms with van der Waals surface area (Å²) in [6, 6.07) is 5.54. The van der Waals surface area contributed by atoms with Gasteiger partial charge in [0.05, 0.1) is 10.7 Å². The van der Waals surface area contributed by atoms with Crippen molar-refractivity contribution in [2.75, 3.05) is 11.9 Å². The normalized spacial score (nSPS) is 10.7. The predicted molar refractivity (Wildman–Crippen MR) is 69.0 cm³/mol. The molecule has 1 rings (SSSR count). The van der Waals surface area contributed by atoms with E-state index < -0.39 is 0 Å². The fourth-order valence-electron chi connectivity index (χ4n) is 1.46. The first-order valence-electron chi connectivity index (χ1n) is 5.36. The van der Waals surface area contributed by atoms with Crippen LogP contribution in [0.1, 0.15) is 26.7 Å². The molecule has 0 atom stereocenters. The quantitative estimate of drug-likeness (QED) is 0.783. The maximum atomic E-state index is 6.05. The molecule has 3 heteroatoms. The third-order valence-electron chi connectivity index (χ3n) is 2.67. The predicted octanol–water partition coefficient (Wildman–Crippen LogP) is 4.84. The highest BCUT2D eigenvalue weighted by molar-refractivity contribution is 6.36. The summed E-state index contributed by atoms with van der Waals surface area (Å²) in [5.74, 6) is 0.705. The fourth-order valence-corrected chi connectivity index (χ4v) is 1.94. The van der Waals surface area contributed by atoms with Crippen LogP contribution in [0.3, 0.4) is 0 Å². The molecule has 0 bridgehead atoms. The van der Waals surface area contributed by atoms with Crippen LogP contribution in [0.4, 0.5) is 5.69 Å². The summed E-state index contributed by atoms with van der Waals surface area (Å²) in [6.07, 6.45) is 2.38. The minimum atomic E-state index is 0.674. The number of nitrogens with one attached hydrogen (secondary N) is 1. The number of hydrogen-bond donors (Lipinski definition) is 1. The Morgan fingerprint density at radius 2 is 1.87 bits per heavy atom. The highest BCUT2D eigenvalue weighted by Crippen LogP contribution is 2.25. The lowest BCUT2D eigenvalue weighted by Gasteiger charge is -2.15. The average molecular weight is 246 g/mol. The van der Waals surface area contributed by atoms with Gasteiger partial charge in [-0.1, -0.05) is 49.9 Å². The molecule has 1 nitrogen and oxygen atoms in total. The van der Waals surface area contributed by atoms with Crippen LogP contribution in [0, 0.1) is 5.92 Å². The topological polar surface area (TPSA) is 12.0 Å². The van der Waals surface area contributed by atoms with Crippen LogP contribution in [-0.2, 0) is 0 Å². The largest absolute Gasteiger partial charge is 0.384 e. The van der Waals surface area contributed by atoms with Crippen LogP contribution < -0.4 is 5.32 Å². The van der Waals surface area contributed by atoms with E-state index in [0.29, 0.717) is 16.0 Å². The Hall–Kier alpha value is -0.400. The third-order valence-corrected chi connectivity index (χ3v) is 3.21. The molecule has 0 saturated heterocycles. The molecule has 15 heavy (non-hydrogen) atoms. The number of halogens is 2. The lowest BCUT2D eigenvalue weighted by Crippen LogP contribution is -2.12. The van der Waals surface area contributed by atoms with E-state index in [0.717, 1.165) is 12.2 Å². The Bertz CT molecular complexity index is 308. The summed E-state index contributed by atoms with van der Waals surface area (Å²) < 4.78 is 0. The second kappa shape index (κ2) is 6.24. The molecule has 0 fully saturated rings. The maximum Gasteiger partial charge on any atom is 0.0652 e. The summed E-state index contributed by atoms with van der Waals surface area (Å²) in [5, 5.41) is 4.71. The first kappa shape index (κ1) is 12.7. The summed E-state index contributed by atoms with van der Waals surface area (Å²) in [4.78, 5) is 0. The second-order valence-electron chi connectivity index (χ2n) is 3.69. The van der Waals surface area contributed by atoms with Crippen molar-refractivity contribution in [2.24, 2.45) is 5.92 Å². The highest BCUT2D eigenvalue weighted by atomic mass is 35.5. The fraction of sp³-hybridized carbons (Fsp3) is 0.500. The molecule has 0 heterocycles. The smallest absolute Gasteiger partial charge is 0.0652 e. The Kier molecular flexibility index (Phi) is 5.27. The SMILES string of the molecule is CCC(CC)CNc1ccc(Cl)cc1Cl. The van der Waals surface area contributed by atoms with E-state index >= 15 is 0 Å². The van der Waals surface area contributed by atoms with Crippen molar-refractivity contribution in [1.29, 1.82) is 0 Å². The van der Waals surface area contributed by atoms with E-state index in [1.807, 2.05) is 12.1 Å².